The molecule has 0 aliphatic carbocycles. The normalized spacial score (nSPS) is 17.4. The second kappa shape index (κ2) is 6.21. The summed E-state index contributed by atoms with van der Waals surface area (Å²) in [4.78, 5) is 34.6. The third kappa shape index (κ3) is 3.36. The first kappa shape index (κ1) is 14.1. The summed E-state index contributed by atoms with van der Waals surface area (Å²) in [5.41, 5.74) is 0.956. The van der Waals surface area contributed by atoms with Gasteiger partial charge in [0.05, 0.1) is 17.4 Å². The largest absolute Gasteiger partial charge is 0.548 e. The Morgan fingerprint density at radius 1 is 1.25 bits per heavy atom. The first-order valence-corrected chi connectivity index (χ1v) is 6.56. The van der Waals surface area contributed by atoms with Crippen LogP contribution in [0.2, 0.25) is 0 Å². The molecule has 1 heterocycles. The maximum absolute atomic E-state index is 11.8. The molecule has 1 aromatic rings. The maximum atomic E-state index is 11.8. The molecule has 1 aromatic carbocycles. The van der Waals surface area contributed by atoms with Crippen LogP contribution in [-0.2, 0) is 9.59 Å². The lowest BCUT2D eigenvalue weighted by atomic mass is 10.2. The second-order valence-electron chi connectivity index (χ2n) is 3.93. The number of rotatable bonds is 4. The van der Waals surface area contributed by atoms with E-state index in [0.717, 1.165) is 5.56 Å². The molecule has 1 saturated heterocycles. The quantitative estimate of drug-likeness (QED) is 0.773. The number of allylic oxidation sites excluding steroid dienone is 2. The number of carboxylic acid groups (broad SMARTS) is 1. The molecule has 1 aliphatic heterocycles. The lowest BCUT2D eigenvalue weighted by molar-refractivity contribution is -0.305. The highest BCUT2D eigenvalue weighted by atomic mass is 32.2. The number of imide groups is 1. The molecule has 6 heteroatoms. The van der Waals surface area contributed by atoms with Crippen molar-refractivity contribution in [1.82, 2.24) is 4.90 Å². The second-order valence-corrected chi connectivity index (χ2v) is 4.93. The van der Waals surface area contributed by atoms with Crippen LogP contribution in [0.15, 0.2) is 47.4 Å². The summed E-state index contributed by atoms with van der Waals surface area (Å²) in [6, 6.07) is 9.45. The van der Waals surface area contributed by atoms with E-state index < -0.39 is 23.7 Å². The van der Waals surface area contributed by atoms with Crippen LogP contribution in [0.1, 0.15) is 5.56 Å². The summed E-state index contributed by atoms with van der Waals surface area (Å²) in [5.74, 6) is -2.07. The molecule has 5 nitrogen and oxygen atoms in total. The predicted octanol–water partition coefficient (Wildman–Crippen LogP) is 1.03. The van der Waals surface area contributed by atoms with Gasteiger partial charge in [-0.2, -0.15) is 0 Å². The van der Waals surface area contributed by atoms with Gasteiger partial charge in [-0.05, 0) is 23.4 Å². The molecule has 0 unspecified atom stereocenters. The third-order valence-corrected chi connectivity index (χ3v) is 3.42. The van der Waals surface area contributed by atoms with E-state index in [1.54, 1.807) is 12.2 Å². The van der Waals surface area contributed by atoms with E-state index in [4.69, 9.17) is 0 Å². The molecule has 102 valence electrons. The summed E-state index contributed by atoms with van der Waals surface area (Å²) < 4.78 is 0. The van der Waals surface area contributed by atoms with Gasteiger partial charge in [0.2, 0.25) is 0 Å². The summed E-state index contributed by atoms with van der Waals surface area (Å²) in [6.07, 6.45) is 4.92. The van der Waals surface area contributed by atoms with Gasteiger partial charge >= 0.3 is 0 Å². The summed E-state index contributed by atoms with van der Waals surface area (Å²) in [6.45, 7) is -0.718. The number of hydrogen-bond donors (Lipinski definition) is 0. The zero-order valence-corrected chi connectivity index (χ0v) is 11.1. The Bertz CT molecular complexity index is 607. The zero-order chi connectivity index (χ0) is 14.5. The summed E-state index contributed by atoms with van der Waals surface area (Å²) in [5, 5.41) is 9.85. The van der Waals surface area contributed by atoms with Gasteiger partial charge < -0.3 is 9.90 Å². The van der Waals surface area contributed by atoms with Crippen molar-refractivity contribution in [2.24, 2.45) is 0 Å². The van der Waals surface area contributed by atoms with Gasteiger partial charge in [-0.1, -0.05) is 42.5 Å². The van der Waals surface area contributed by atoms with Gasteiger partial charge in [0.1, 0.15) is 0 Å². The Kier molecular flexibility index (Phi) is 4.37. The zero-order valence-electron chi connectivity index (χ0n) is 10.3. The molecule has 2 rings (SSSR count). The molecule has 20 heavy (non-hydrogen) atoms. The molecule has 0 N–H and O–H groups in total. The van der Waals surface area contributed by atoms with E-state index in [9.17, 15) is 19.5 Å². The molecular formula is C14H10NO4S-. The number of benzene rings is 1. The minimum absolute atomic E-state index is 0.198. The summed E-state index contributed by atoms with van der Waals surface area (Å²) >= 11 is 0.715. The third-order valence-electron chi connectivity index (χ3n) is 2.50. The summed E-state index contributed by atoms with van der Waals surface area (Å²) in [7, 11) is 0. The van der Waals surface area contributed by atoms with Gasteiger partial charge in [0, 0.05) is 0 Å². The van der Waals surface area contributed by atoms with Crippen LogP contribution in [0.3, 0.4) is 0 Å². The first-order valence-electron chi connectivity index (χ1n) is 5.75. The van der Waals surface area contributed by atoms with Crippen molar-refractivity contribution in [3.8, 4) is 0 Å². The van der Waals surface area contributed by atoms with Crippen molar-refractivity contribution >= 4 is 35.0 Å². The van der Waals surface area contributed by atoms with E-state index in [-0.39, 0.29) is 4.91 Å². The van der Waals surface area contributed by atoms with Crippen LogP contribution in [-0.4, -0.2) is 28.6 Å². The molecular weight excluding hydrogens is 278 g/mol. The van der Waals surface area contributed by atoms with Crippen LogP contribution >= 0.6 is 11.8 Å². The van der Waals surface area contributed by atoms with Crippen LogP contribution < -0.4 is 5.11 Å². The van der Waals surface area contributed by atoms with Gasteiger partial charge in [-0.15, -0.1) is 0 Å². The number of nitrogens with zero attached hydrogens (tertiary/aromatic N) is 1. The van der Waals surface area contributed by atoms with Crippen LogP contribution in [0.25, 0.3) is 6.08 Å². The van der Waals surface area contributed by atoms with Gasteiger partial charge in [0.25, 0.3) is 11.1 Å². The molecule has 1 fully saturated rings. The molecule has 2 amide bonds. The molecule has 0 saturated carbocycles. The molecule has 0 spiro atoms. The van der Waals surface area contributed by atoms with Crippen molar-refractivity contribution in [1.29, 1.82) is 0 Å². The lowest BCUT2D eigenvalue weighted by Gasteiger charge is -2.11. The Balaban J connectivity index is 2.08. The van der Waals surface area contributed by atoms with Crippen LogP contribution in [0, 0.1) is 0 Å². The number of amides is 2. The molecule has 1 aliphatic rings. The Labute approximate surface area is 119 Å². The van der Waals surface area contributed by atoms with Gasteiger partial charge in [-0.3, -0.25) is 14.5 Å². The predicted molar refractivity (Wildman–Crippen MR) is 73.3 cm³/mol. The molecule has 0 atom stereocenters. The van der Waals surface area contributed by atoms with Crippen LogP contribution in [0.5, 0.6) is 0 Å². The van der Waals surface area contributed by atoms with Gasteiger partial charge in [0.15, 0.2) is 0 Å². The fourth-order valence-corrected chi connectivity index (χ4v) is 2.38. The van der Waals surface area contributed by atoms with E-state index in [1.165, 1.54) is 6.08 Å². The molecule has 0 bridgehead atoms. The number of carboxylic acids is 1. The smallest absolute Gasteiger partial charge is 0.293 e. The first-order chi connectivity index (χ1) is 9.58. The fourth-order valence-electron chi connectivity index (χ4n) is 1.59. The van der Waals surface area contributed by atoms with Crippen molar-refractivity contribution < 1.29 is 19.5 Å². The van der Waals surface area contributed by atoms with Crippen molar-refractivity contribution in [3.05, 3.63) is 53.0 Å². The molecule has 0 aromatic heterocycles. The Morgan fingerprint density at radius 2 is 1.95 bits per heavy atom. The SMILES string of the molecule is O=C([O-])CN1C(=O)S/C(=C\C=C\c2ccccc2)C1=O. The minimum atomic E-state index is -1.46. The van der Waals surface area contributed by atoms with E-state index in [1.807, 2.05) is 30.3 Å². The van der Waals surface area contributed by atoms with E-state index in [0.29, 0.717) is 16.7 Å². The number of carbonyl (C=O) groups excluding carboxylic acids is 3. The van der Waals surface area contributed by atoms with E-state index >= 15 is 0 Å². The minimum Gasteiger partial charge on any atom is -0.548 e. The Hall–Kier alpha value is -2.34. The number of carbonyl (C=O) groups is 3. The molecule has 0 radical (unpaired) electrons. The average Bonchev–Trinajstić information content (AvgIpc) is 2.67. The number of hydrogen-bond acceptors (Lipinski definition) is 5. The highest BCUT2D eigenvalue weighted by molar-refractivity contribution is 8.18. The highest BCUT2D eigenvalue weighted by Gasteiger charge is 2.34. The van der Waals surface area contributed by atoms with Crippen molar-refractivity contribution in [3.63, 3.8) is 0 Å². The fraction of sp³-hybridized carbons (Fsp3) is 0.0714. The topological polar surface area (TPSA) is 77.5 Å². The Morgan fingerprint density at radius 3 is 2.60 bits per heavy atom. The van der Waals surface area contributed by atoms with Gasteiger partial charge in [-0.25, -0.2) is 0 Å². The highest BCUT2D eigenvalue weighted by Crippen LogP contribution is 2.30. The van der Waals surface area contributed by atoms with Crippen molar-refractivity contribution in [2.45, 2.75) is 0 Å². The number of thioether (sulfide) groups is 1. The van der Waals surface area contributed by atoms with Crippen LogP contribution in [0.4, 0.5) is 4.79 Å². The van der Waals surface area contributed by atoms with Crippen molar-refractivity contribution in [2.75, 3.05) is 6.54 Å². The monoisotopic (exact) mass is 288 g/mol. The lowest BCUT2D eigenvalue weighted by Crippen LogP contribution is -2.40. The number of aliphatic carboxylic acids is 1. The maximum Gasteiger partial charge on any atom is 0.293 e. The average molecular weight is 288 g/mol. The van der Waals surface area contributed by atoms with E-state index in [2.05, 4.69) is 0 Å². The standard InChI is InChI=1S/C14H11NO4S/c16-12(17)9-15-13(18)11(20-14(15)19)8-4-7-10-5-2-1-3-6-10/h1-8H,9H2,(H,16,17)/p-1/b7-4+,11-8-.